The Morgan fingerprint density at radius 3 is 2.14 bits per heavy atom. The highest BCUT2D eigenvalue weighted by molar-refractivity contribution is 5.09. The van der Waals surface area contributed by atoms with E-state index in [1.165, 1.54) is 6.42 Å². The lowest BCUT2D eigenvalue weighted by Gasteiger charge is -2.22. The molecule has 3 fully saturated rings. The zero-order chi connectivity index (χ0) is 9.92. The first-order chi connectivity index (χ1) is 6.63. The van der Waals surface area contributed by atoms with E-state index in [-0.39, 0.29) is 0 Å². The summed E-state index contributed by atoms with van der Waals surface area (Å²) < 4.78 is 0. The maximum atomic E-state index is 2.52. The average molecular weight is 192 g/mol. The van der Waals surface area contributed by atoms with Crippen LogP contribution in [0.3, 0.4) is 0 Å². The highest BCUT2D eigenvalue weighted by Crippen LogP contribution is 2.68. The van der Waals surface area contributed by atoms with Gasteiger partial charge in [-0.1, -0.05) is 20.8 Å². The van der Waals surface area contributed by atoms with Gasteiger partial charge in [0.1, 0.15) is 0 Å². The van der Waals surface area contributed by atoms with Crippen LogP contribution in [0.15, 0.2) is 0 Å². The molecule has 0 aromatic rings. The summed E-state index contributed by atoms with van der Waals surface area (Å²) in [5, 5.41) is 0. The number of rotatable bonds is 2. The highest BCUT2D eigenvalue weighted by Gasteiger charge is 2.59. The van der Waals surface area contributed by atoms with Crippen molar-refractivity contribution in [1.29, 1.82) is 0 Å². The van der Waals surface area contributed by atoms with Gasteiger partial charge in [0.05, 0.1) is 0 Å². The van der Waals surface area contributed by atoms with Crippen molar-refractivity contribution >= 4 is 0 Å². The van der Waals surface area contributed by atoms with Crippen LogP contribution in [0.4, 0.5) is 0 Å². The minimum Gasteiger partial charge on any atom is -0.0622 e. The van der Waals surface area contributed by atoms with Gasteiger partial charge in [0.25, 0.3) is 0 Å². The number of hydrogen-bond donors (Lipinski definition) is 0. The highest BCUT2D eigenvalue weighted by atomic mass is 14.6. The van der Waals surface area contributed by atoms with E-state index in [0.717, 1.165) is 35.0 Å². The third kappa shape index (κ3) is 1.19. The van der Waals surface area contributed by atoms with Gasteiger partial charge in [-0.25, -0.2) is 0 Å². The van der Waals surface area contributed by atoms with Crippen molar-refractivity contribution in [1.82, 2.24) is 0 Å². The Kier molecular flexibility index (Phi) is 1.83. The SMILES string of the molecule is CC1CC1CC1CC(C)C(C)C12CC2. The van der Waals surface area contributed by atoms with Crippen molar-refractivity contribution in [2.45, 2.75) is 52.9 Å². The van der Waals surface area contributed by atoms with E-state index in [1.807, 2.05) is 0 Å². The summed E-state index contributed by atoms with van der Waals surface area (Å²) in [7, 11) is 0. The van der Waals surface area contributed by atoms with Crippen LogP contribution in [-0.4, -0.2) is 0 Å². The van der Waals surface area contributed by atoms with Crippen molar-refractivity contribution in [3.05, 3.63) is 0 Å². The predicted molar refractivity (Wildman–Crippen MR) is 60.0 cm³/mol. The summed E-state index contributed by atoms with van der Waals surface area (Å²) in [6.45, 7) is 7.45. The van der Waals surface area contributed by atoms with E-state index in [1.54, 1.807) is 25.7 Å². The van der Waals surface area contributed by atoms with Gasteiger partial charge < -0.3 is 0 Å². The second-order valence-electron chi connectivity index (χ2n) is 6.64. The summed E-state index contributed by atoms with van der Waals surface area (Å²) in [4.78, 5) is 0. The van der Waals surface area contributed by atoms with Crippen LogP contribution in [0.2, 0.25) is 0 Å². The fourth-order valence-electron chi connectivity index (χ4n) is 4.26. The molecular formula is C14H24. The maximum Gasteiger partial charge on any atom is -0.0240 e. The fourth-order valence-corrected chi connectivity index (χ4v) is 4.26. The molecule has 5 unspecified atom stereocenters. The van der Waals surface area contributed by atoms with Gasteiger partial charge >= 0.3 is 0 Å². The van der Waals surface area contributed by atoms with Crippen LogP contribution in [0, 0.1) is 35.0 Å². The van der Waals surface area contributed by atoms with Gasteiger partial charge in [-0.15, -0.1) is 0 Å². The van der Waals surface area contributed by atoms with E-state index in [0.29, 0.717) is 0 Å². The molecule has 0 amide bonds. The van der Waals surface area contributed by atoms with Crippen molar-refractivity contribution in [3.8, 4) is 0 Å². The molecule has 0 saturated heterocycles. The standard InChI is InChI=1S/C14H24/c1-9-7-13(8-12-6-10(12)2)14(4-5-14)11(9)3/h9-13H,4-8H2,1-3H3. The van der Waals surface area contributed by atoms with Gasteiger partial charge in [0, 0.05) is 0 Å². The van der Waals surface area contributed by atoms with Crippen LogP contribution in [0.1, 0.15) is 52.9 Å². The Bertz CT molecular complexity index is 238. The van der Waals surface area contributed by atoms with E-state index in [4.69, 9.17) is 0 Å². The molecule has 80 valence electrons. The largest absolute Gasteiger partial charge is 0.0622 e. The van der Waals surface area contributed by atoms with Crippen LogP contribution in [0.5, 0.6) is 0 Å². The summed E-state index contributed by atoms with van der Waals surface area (Å²) in [5.41, 5.74) is 0.849. The summed E-state index contributed by atoms with van der Waals surface area (Å²) >= 11 is 0. The maximum absolute atomic E-state index is 2.52. The molecule has 0 aromatic heterocycles. The van der Waals surface area contributed by atoms with E-state index in [2.05, 4.69) is 20.8 Å². The molecule has 0 bridgehead atoms. The Labute approximate surface area is 88.5 Å². The molecule has 0 nitrogen and oxygen atoms in total. The monoisotopic (exact) mass is 192 g/mol. The molecule has 3 aliphatic carbocycles. The second kappa shape index (κ2) is 2.77. The fraction of sp³-hybridized carbons (Fsp3) is 1.00. The molecule has 3 saturated carbocycles. The van der Waals surface area contributed by atoms with Crippen molar-refractivity contribution in [3.63, 3.8) is 0 Å². The molecule has 0 heteroatoms. The molecular weight excluding hydrogens is 168 g/mol. The van der Waals surface area contributed by atoms with Crippen molar-refractivity contribution in [2.24, 2.45) is 35.0 Å². The molecule has 0 radical (unpaired) electrons. The first kappa shape index (κ1) is 9.24. The van der Waals surface area contributed by atoms with Crippen molar-refractivity contribution in [2.75, 3.05) is 0 Å². The Morgan fingerprint density at radius 2 is 1.64 bits per heavy atom. The lowest BCUT2D eigenvalue weighted by atomic mass is 9.83. The smallest absolute Gasteiger partial charge is 0.0240 e. The van der Waals surface area contributed by atoms with Crippen LogP contribution >= 0.6 is 0 Å². The first-order valence-electron chi connectivity index (χ1n) is 6.63. The zero-order valence-electron chi connectivity index (χ0n) is 9.92. The van der Waals surface area contributed by atoms with E-state index in [9.17, 15) is 0 Å². The Balaban J connectivity index is 1.68. The molecule has 1 spiro atoms. The van der Waals surface area contributed by atoms with E-state index >= 15 is 0 Å². The Morgan fingerprint density at radius 1 is 1.00 bits per heavy atom. The topological polar surface area (TPSA) is 0 Å². The average Bonchev–Trinajstić information content (AvgIpc) is 3.00. The summed E-state index contributed by atoms with van der Waals surface area (Å²) in [5.74, 6) is 5.34. The first-order valence-corrected chi connectivity index (χ1v) is 6.63. The van der Waals surface area contributed by atoms with Crippen molar-refractivity contribution < 1.29 is 0 Å². The lowest BCUT2D eigenvalue weighted by molar-refractivity contribution is 0.263. The molecule has 0 aliphatic heterocycles. The Hall–Kier alpha value is 0. The quantitative estimate of drug-likeness (QED) is 0.618. The van der Waals surface area contributed by atoms with E-state index < -0.39 is 0 Å². The molecule has 14 heavy (non-hydrogen) atoms. The second-order valence-corrected chi connectivity index (χ2v) is 6.64. The van der Waals surface area contributed by atoms with Gasteiger partial charge in [-0.3, -0.25) is 0 Å². The van der Waals surface area contributed by atoms with Gasteiger partial charge in [0.15, 0.2) is 0 Å². The van der Waals surface area contributed by atoms with Crippen LogP contribution in [0.25, 0.3) is 0 Å². The molecule has 0 heterocycles. The minimum absolute atomic E-state index is 0.849. The van der Waals surface area contributed by atoms with Gasteiger partial charge in [-0.2, -0.15) is 0 Å². The molecule has 0 N–H and O–H groups in total. The normalized spacial score (nSPS) is 53.8. The zero-order valence-corrected chi connectivity index (χ0v) is 9.92. The lowest BCUT2D eigenvalue weighted by Crippen LogP contribution is -2.16. The molecule has 3 aliphatic rings. The third-order valence-electron chi connectivity index (χ3n) is 5.92. The van der Waals surface area contributed by atoms with Gasteiger partial charge in [0.2, 0.25) is 0 Å². The molecule has 3 rings (SSSR count). The van der Waals surface area contributed by atoms with Crippen LogP contribution < -0.4 is 0 Å². The summed E-state index contributed by atoms with van der Waals surface area (Å²) in [6, 6.07) is 0. The third-order valence-corrected chi connectivity index (χ3v) is 5.92. The minimum atomic E-state index is 0.849. The molecule has 5 atom stereocenters. The van der Waals surface area contributed by atoms with Crippen LogP contribution in [-0.2, 0) is 0 Å². The number of hydrogen-bond acceptors (Lipinski definition) is 0. The summed E-state index contributed by atoms with van der Waals surface area (Å²) in [6.07, 6.45) is 7.78. The van der Waals surface area contributed by atoms with Gasteiger partial charge in [-0.05, 0) is 67.1 Å². The molecule has 0 aromatic carbocycles. The predicted octanol–water partition coefficient (Wildman–Crippen LogP) is 4.10.